The summed E-state index contributed by atoms with van der Waals surface area (Å²) in [6.07, 6.45) is 1.15. The van der Waals surface area contributed by atoms with Gasteiger partial charge in [-0.15, -0.1) is 10.2 Å². The van der Waals surface area contributed by atoms with E-state index >= 15 is 0 Å². The number of hydrogen-bond acceptors (Lipinski definition) is 5. The first kappa shape index (κ1) is 17.5. The van der Waals surface area contributed by atoms with Crippen molar-refractivity contribution in [2.24, 2.45) is 0 Å². The second-order valence-corrected chi connectivity index (χ2v) is 6.77. The minimum Gasteiger partial charge on any atom is -0.484 e. The first-order chi connectivity index (χ1) is 13.2. The zero-order chi connectivity index (χ0) is 18.6. The van der Waals surface area contributed by atoms with Gasteiger partial charge in [0.15, 0.2) is 6.61 Å². The highest BCUT2D eigenvalue weighted by molar-refractivity contribution is 6.30. The van der Waals surface area contributed by atoms with E-state index in [1.807, 2.05) is 30.3 Å². The molecule has 2 aromatic carbocycles. The van der Waals surface area contributed by atoms with Crippen LogP contribution in [0.4, 0.5) is 0 Å². The van der Waals surface area contributed by atoms with E-state index in [4.69, 9.17) is 20.8 Å². The summed E-state index contributed by atoms with van der Waals surface area (Å²) in [7, 11) is 0. The summed E-state index contributed by atoms with van der Waals surface area (Å²) in [5, 5.41) is 8.84. The lowest BCUT2D eigenvalue weighted by atomic mass is 10.2. The zero-order valence-electron chi connectivity index (χ0n) is 14.5. The van der Waals surface area contributed by atoms with Gasteiger partial charge in [-0.25, -0.2) is 0 Å². The Hall–Kier alpha value is -2.86. The molecule has 6 nitrogen and oxygen atoms in total. The maximum atomic E-state index is 12.3. The first-order valence-electron chi connectivity index (χ1n) is 8.73. The molecule has 1 aliphatic rings. The van der Waals surface area contributed by atoms with Gasteiger partial charge < -0.3 is 14.1 Å². The Bertz CT molecular complexity index is 912. The maximum absolute atomic E-state index is 12.3. The molecule has 1 amide bonds. The number of nitrogens with zero attached hydrogens (tertiary/aromatic N) is 3. The number of benzene rings is 2. The van der Waals surface area contributed by atoms with Crippen LogP contribution in [0.15, 0.2) is 59.0 Å². The molecule has 0 bridgehead atoms. The van der Waals surface area contributed by atoms with Gasteiger partial charge in [0.25, 0.3) is 5.89 Å². The van der Waals surface area contributed by atoms with Gasteiger partial charge in [0.05, 0.1) is 0 Å². The van der Waals surface area contributed by atoms with Crippen molar-refractivity contribution in [3.63, 3.8) is 0 Å². The highest BCUT2D eigenvalue weighted by Crippen LogP contribution is 2.33. The third-order valence-electron chi connectivity index (χ3n) is 4.47. The number of rotatable bonds is 6. The van der Waals surface area contributed by atoms with Gasteiger partial charge in [-0.1, -0.05) is 41.9 Å². The molecule has 138 valence electrons. The molecule has 0 radical (unpaired) electrons. The molecule has 27 heavy (non-hydrogen) atoms. The number of likely N-dealkylation sites (tertiary alicyclic amines) is 1. The van der Waals surface area contributed by atoms with E-state index in [-0.39, 0.29) is 18.6 Å². The molecule has 0 N–H and O–H groups in total. The van der Waals surface area contributed by atoms with Gasteiger partial charge in [-0.3, -0.25) is 4.79 Å². The molecule has 1 aliphatic heterocycles. The summed E-state index contributed by atoms with van der Waals surface area (Å²) >= 11 is 5.86. The van der Waals surface area contributed by atoms with Crippen LogP contribution in [-0.2, 0) is 17.9 Å². The van der Waals surface area contributed by atoms with Crippen molar-refractivity contribution in [3.8, 4) is 5.75 Å². The van der Waals surface area contributed by atoms with Gasteiger partial charge in [0, 0.05) is 18.0 Å². The van der Waals surface area contributed by atoms with Crippen LogP contribution in [0.25, 0.3) is 0 Å². The lowest BCUT2D eigenvalue weighted by Gasteiger charge is -2.22. The lowest BCUT2D eigenvalue weighted by molar-refractivity contribution is -0.129. The monoisotopic (exact) mass is 383 g/mol. The predicted molar refractivity (Wildman–Crippen MR) is 99.0 cm³/mol. The molecule has 1 saturated heterocycles. The number of hydrogen-bond donors (Lipinski definition) is 0. The molecule has 7 heteroatoms. The highest BCUT2D eigenvalue weighted by Gasteiger charge is 2.35. The van der Waals surface area contributed by atoms with E-state index in [1.165, 1.54) is 0 Å². The minimum atomic E-state index is -0.200. The van der Waals surface area contributed by atoms with E-state index in [1.54, 1.807) is 29.2 Å². The summed E-state index contributed by atoms with van der Waals surface area (Å²) in [5.41, 5.74) is 1.07. The second-order valence-electron chi connectivity index (χ2n) is 6.34. The number of carbonyl (C=O) groups is 1. The van der Waals surface area contributed by atoms with E-state index in [9.17, 15) is 4.79 Å². The largest absolute Gasteiger partial charge is 0.484 e. The normalized spacial score (nSPS) is 16.7. The van der Waals surface area contributed by atoms with Crippen molar-refractivity contribution >= 4 is 17.5 Å². The van der Waals surface area contributed by atoms with Crippen molar-refractivity contribution in [2.45, 2.75) is 32.0 Å². The molecule has 1 aromatic heterocycles. The molecule has 1 fully saturated rings. The van der Waals surface area contributed by atoms with Crippen LogP contribution in [-0.4, -0.2) is 21.0 Å². The fourth-order valence-corrected chi connectivity index (χ4v) is 3.23. The Kier molecular flexibility index (Phi) is 5.07. The van der Waals surface area contributed by atoms with E-state index in [0.29, 0.717) is 41.9 Å². The van der Waals surface area contributed by atoms with Crippen LogP contribution < -0.4 is 4.74 Å². The Labute approximate surface area is 161 Å². The lowest BCUT2D eigenvalue weighted by Crippen LogP contribution is -2.27. The van der Waals surface area contributed by atoms with Gasteiger partial charge in [0.1, 0.15) is 11.8 Å². The number of carbonyl (C=O) groups excluding carboxylic acids is 1. The molecule has 0 spiro atoms. The quantitative estimate of drug-likeness (QED) is 0.639. The summed E-state index contributed by atoms with van der Waals surface area (Å²) in [5.74, 6) is 1.59. The zero-order valence-corrected chi connectivity index (χ0v) is 15.3. The predicted octanol–water partition coefficient (Wildman–Crippen LogP) is 4.17. The molecule has 0 aliphatic carbocycles. The Morgan fingerprint density at radius 3 is 2.67 bits per heavy atom. The summed E-state index contributed by atoms with van der Waals surface area (Å²) < 4.78 is 11.4. The molecular weight excluding hydrogens is 366 g/mol. The standard InChI is InChI=1S/C20H18ClN3O3/c21-15-6-8-16(9-7-15)26-13-18-22-23-20(27-18)17-10-11-19(25)24(17)12-14-4-2-1-3-5-14/h1-9,17H,10-13H2. The number of halogens is 1. The van der Waals surface area contributed by atoms with E-state index in [0.717, 1.165) is 5.56 Å². The third-order valence-corrected chi connectivity index (χ3v) is 4.72. The highest BCUT2D eigenvalue weighted by atomic mass is 35.5. The molecule has 3 aromatic rings. The van der Waals surface area contributed by atoms with Crippen molar-refractivity contribution in [3.05, 3.63) is 77.0 Å². The molecule has 2 heterocycles. The first-order valence-corrected chi connectivity index (χ1v) is 9.11. The molecular formula is C20H18ClN3O3. The van der Waals surface area contributed by atoms with Gasteiger partial charge >= 0.3 is 0 Å². The number of aromatic nitrogens is 2. The van der Waals surface area contributed by atoms with E-state index in [2.05, 4.69) is 10.2 Å². The average Bonchev–Trinajstić information content (AvgIpc) is 3.29. The van der Waals surface area contributed by atoms with Crippen LogP contribution >= 0.6 is 11.6 Å². The molecule has 4 rings (SSSR count). The van der Waals surface area contributed by atoms with E-state index < -0.39 is 0 Å². The Balaban J connectivity index is 1.43. The summed E-state index contributed by atoms with van der Waals surface area (Å²) in [4.78, 5) is 14.1. The van der Waals surface area contributed by atoms with Crippen molar-refractivity contribution in [2.75, 3.05) is 0 Å². The number of ether oxygens (including phenoxy) is 1. The minimum absolute atomic E-state index is 0.0982. The van der Waals surface area contributed by atoms with Crippen molar-refractivity contribution in [1.29, 1.82) is 0 Å². The van der Waals surface area contributed by atoms with Gasteiger partial charge in [0.2, 0.25) is 11.8 Å². The van der Waals surface area contributed by atoms with Gasteiger partial charge in [-0.05, 0) is 36.2 Å². The third kappa shape index (κ3) is 4.11. The smallest absolute Gasteiger partial charge is 0.253 e. The van der Waals surface area contributed by atoms with Crippen LogP contribution in [0.3, 0.4) is 0 Å². The molecule has 1 unspecified atom stereocenters. The second kappa shape index (κ2) is 7.80. The van der Waals surface area contributed by atoms with Crippen molar-refractivity contribution in [1.82, 2.24) is 15.1 Å². The summed E-state index contributed by atoms with van der Waals surface area (Å²) in [6.45, 7) is 0.692. The van der Waals surface area contributed by atoms with Crippen LogP contribution in [0, 0.1) is 0 Å². The van der Waals surface area contributed by atoms with Crippen LogP contribution in [0.2, 0.25) is 5.02 Å². The fourth-order valence-electron chi connectivity index (χ4n) is 3.10. The van der Waals surface area contributed by atoms with Crippen molar-refractivity contribution < 1.29 is 13.9 Å². The topological polar surface area (TPSA) is 68.5 Å². The molecule has 0 saturated carbocycles. The Morgan fingerprint density at radius 1 is 1.11 bits per heavy atom. The Morgan fingerprint density at radius 2 is 1.89 bits per heavy atom. The fraction of sp³-hybridized carbons (Fsp3) is 0.250. The van der Waals surface area contributed by atoms with Crippen LogP contribution in [0.1, 0.15) is 36.2 Å². The SMILES string of the molecule is O=C1CCC(c2nnc(COc3ccc(Cl)cc3)o2)N1Cc1ccccc1. The van der Waals surface area contributed by atoms with Gasteiger partial charge in [-0.2, -0.15) is 0 Å². The molecule has 1 atom stereocenters. The van der Waals surface area contributed by atoms with Crippen LogP contribution in [0.5, 0.6) is 5.75 Å². The summed E-state index contributed by atoms with van der Waals surface area (Å²) in [6, 6.07) is 16.7. The average molecular weight is 384 g/mol. The maximum Gasteiger partial charge on any atom is 0.253 e. The number of amides is 1.